The average molecular weight is 230 g/mol. The van der Waals surface area contributed by atoms with E-state index in [1.807, 2.05) is 13.2 Å². The number of carbonyl (C=O) groups is 1. The van der Waals surface area contributed by atoms with Gasteiger partial charge in [-0.1, -0.05) is 6.92 Å². The van der Waals surface area contributed by atoms with Crippen LogP contribution in [0.4, 0.5) is 0 Å². The van der Waals surface area contributed by atoms with Crippen molar-refractivity contribution in [2.75, 3.05) is 6.26 Å². The molecule has 0 saturated heterocycles. The molecule has 0 fully saturated rings. The van der Waals surface area contributed by atoms with Crippen LogP contribution in [-0.2, 0) is 17.0 Å². The van der Waals surface area contributed by atoms with E-state index in [2.05, 4.69) is 10.2 Å². The topological polar surface area (TPSA) is 76.2 Å². The third-order valence-electron chi connectivity index (χ3n) is 1.82. The first-order valence-corrected chi connectivity index (χ1v) is 6.03. The van der Waals surface area contributed by atoms with Gasteiger partial charge in [0.05, 0.1) is 5.75 Å². The normalized spacial score (nSPS) is 12.7. The van der Waals surface area contributed by atoms with E-state index >= 15 is 0 Å². The molecule has 5 nitrogen and oxygen atoms in total. The standard InChI is InChI=1S/C9H14N2O3S/c1-6(4-9(12)13)3-7-10-11-8(14-7)5-15-2/h6H,3-5H2,1-2H3,(H,12,13). The lowest BCUT2D eigenvalue weighted by Gasteiger charge is -2.03. The summed E-state index contributed by atoms with van der Waals surface area (Å²) in [6.45, 7) is 1.85. The van der Waals surface area contributed by atoms with Crippen molar-refractivity contribution in [1.82, 2.24) is 10.2 Å². The van der Waals surface area contributed by atoms with Crippen LogP contribution in [0.25, 0.3) is 0 Å². The van der Waals surface area contributed by atoms with Gasteiger partial charge in [0.15, 0.2) is 0 Å². The van der Waals surface area contributed by atoms with Gasteiger partial charge in [0.2, 0.25) is 11.8 Å². The summed E-state index contributed by atoms with van der Waals surface area (Å²) in [6.07, 6.45) is 2.60. The molecular formula is C9H14N2O3S. The lowest BCUT2D eigenvalue weighted by atomic mass is 10.0. The van der Waals surface area contributed by atoms with E-state index in [1.54, 1.807) is 11.8 Å². The molecule has 0 saturated carbocycles. The Hall–Kier alpha value is -1.04. The molecule has 1 N–H and O–H groups in total. The molecule has 0 aliphatic carbocycles. The predicted molar refractivity (Wildman–Crippen MR) is 56.6 cm³/mol. The quantitative estimate of drug-likeness (QED) is 0.799. The van der Waals surface area contributed by atoms with Gasteiger partial charge in [-0.05, 0) is 12.2 Å². The maximum absolute atomic E-state index is 10.4. The molecule has 84 valence electrons. The highest BCUT2D eigenvalue weighted by Crippen LogP contribution is 2.13. The van der Waals surface area contributed by atoms with Crippen LogP contribution in [0.15, 0.2) is 4.42 Å². The second kappa shape index (κ2) is 5.75. The van der Waals surface area contributed by atoms with E-state index in [0.29, 0.717) is 24.0 Å². The molecule has 0 aliphatic rings. The van der Waals surface area contributed by atoms with Crippen LogP contribution in [0, 0.1) is 5.92 Å². The van der Waals surface area contributed by atoms with Gasteiger partial charge in [-0.3, -0.25) is 4.79 Å². The zero-order valence-corrected chi connectivity index (χ0v) is 9.58. The fraction of sp³-hybridized carbons (Fsp3) is 0.667. The van der Waals surface area contributed by atoms with Crippen LogP contribution in [0.1, 0.15) is 25.1 Å². The van der Waals surface area contributed by atoms with Gasteiger partial charge in [-0.25, -0.2) is 0 Å². The van der Waals surface area contributed by atoms with Crippen molar-refractivity contribution >= 4 is 17.7 Å². The van der Waals surface area contributed by atoms with Gasteiger partial charge < -0.3 is 9.52 Å². The Bertz CT molecular complexity index is 327. The van der Waals surface area contributed by atoms with Crippen LogP contribution in [0.2, 0.25) is 0 Å². The molecule has 0 amide bonds. The van der Waals surface area contributed by atoms with Gasteiger partial charge in [0, 0.05) is 12.8 Å². The van der Waals surface area contributed by atoms with Crippen LogP contribution < -0.4 is 0 Å². The highest BCUT2D eigenvalue weighted by atomic mass is 32.2. The lowest BCUT2D eigenvalue weighted by Crippen LogP contribution is -2.07. The van der Waals surface area contributed by atoms with Gasteiger partial charge in [0.25, 0.3) is 0 Å². The minimum Gasteiger partial charge on any atom is -0.481 e. The van der Waals surface area contributed by atoms with E-state index in [9.17, 15) is 4.79 Å². The van der Waals surface area contributed by atoms with Crippen molar-refractivity contribution in [3.8, 4) is 0 Å². The average Bonchev–Trinajstić information content (AvgIpc) is 2.51. The van der Waals surface area contributed by atoms with Crippen molar-refractivity contribution in [1.29, 1.82) is 0 Å². The summed E-state index contributed by atoms with van der Waals surface area (Å²) in [4.78, 5) is 10.4. The molecule has 0 aromatic carbocycles. The summed E-state index contributed by atoms with van der Waals surface area (Å²) in [5, 5.41) is 16.3. The number of rotatable bonds is 6. The number of hydrogen-bond acceptors (Lipinski definition) is 5. The fourth-order valence-electron chi connectivity index (χ4n) is 1.22. The van der Waals surface area contributed by atoms with E-state index in [-0.39, 0.29) is 12.3 Å². The molecule has 1 aromatic heterocycles. The summed E-state index contributed by atoms with van der Waals surface area (Å²) in [5.74, 6) is 1.03. The summed E-state index contributed by atoms with van der Waals surface area (Å²) in [5.41, 5.74) is 0. The van der Waals surface area contributed by atoms with Crippen molar-refractivity contribution < 1.29 is 14.3 Å². The van der Waals surface area contributed by atoms with Crippen LogP contribution in [-0.4, -0.2) is 27.5 Å². The van der Waals surface area contributed by atoms with Gasteiger partial charge in [-0.2, -0.15) is 11.8 Å². The lowest BCUT2D eigenvalue weighted by molar-refractivity contribution is -0.137. The Morgan fingerprint density at radius 1 is 1.53 bits per heavy atom. The molecule has 0 bridgehead atoms. The Labute approximate surface area is 92.3 Å². The first-order chi connectivity index (χ1) is 7.11. The highest BCUT2D eigenvalue weighted by Gasteiger charge is 2.13. The van der Waals surface area contributed by atoms with Gasteiger partial charge in [-0.15, -0.1) is 10.2 Å². The molecule has 1 unspecified atom stereocenters. The molecule has 0 spiro atoms. The number of nitrogens with zero attached hydrogens (tertiary/aromatic N) is 2. The molecule has 1 heterocycles. The van der Waals surface area contributed by atoms with Crippen LogP contribution in [0.5, 0.6) is 0 Å². The van der Waals surface area contributed by atoms with Crippen molar-refractivity contribution in [3.05, 3.63) is 11.8 Å². The highest BCUT2D eigenvalue weighted by molar-refractivity contribution is 7.97. The first-order valence-electron chi connectivity index (χ1n) is 4.63. The third kappa shape index (κ3) is 4.33. The van der Waals surface area contributed by atoms with E-state index in [4.69, 9.17) is 9.52 Å². The zero-order valence-electron chi connectivity index (χ0n) is 8.77. The second-order valence-electron chi connectivity index (χ2n) is 3.43. The Kier molecular flexibility index (Phi) is 4.61. The van der Waals surface area contributed by atoms with Crippen molar-refractivity contribution in [2.24, 2.45) is 5.92 Å². The second-order valence-corrected chi connectivity index (χ2v) is 4.30. The Morgan fingerprint density at radius 3 is 2.80 bits per heavy atom. The molecule has 1 rings (SSSR count). The van der Waals surface area contributed by atoms with E-state index in [0.717, 1.165) is 0 Å². The number of aromatic nitrogens is 2. The van der Waals surface area contributed by atoms with Crippen molar-refractivity contribution in [3.63, 3.8) is 0 Å². The maximum Gasteiger partial charge on any atom is 0.303 e. The van der Waals surface area contributed by atoms with Gasteiger partial charge in [0.1, 0.15) is 0 Å². The Balaban J connectivity index is 2.45. The minimum absolute atomic E-state index is 0.0186. The fourth-order valence-corrected chi connectivity index (χ4v) is 1.58. The zero-order chi connectivity index (χ0) is 11.3. The number of carboxylic acid groups (broad SMARTS) is 1. The number of thioether (sulfide) groups is 1. The van der Waals surface area contributed by atoms with Gasteiger partial charge >= 0.3 is 5.97 Å². The SMILES string of the molecule is CSCc1nnc(CC(C)CC(=O)O)o1. The third-order valence-corrected chi connectivity index (χ3v) is 2.36. The monoisotopic (exact) mass is 230 g/mol. The number of hydrogen-bond donors (Lipinski definition) is 1. The maximum atomic E-state index is 10.4. The molecule has 6 heteroatoms. The molecule has 0 radical (unpaired) electrons. The van der Waals surface area contributed by atoms with E-state index in [1.165, 1.54) is 0 Å². The summed E-state index contributed by atoms with van der Waals surface area (Å²) < 4.78 is 5.34. The largest absolute Gasteiger partial charge is 0.481 e. The Morgan fingerprint density at radius 2 is 2.20 bits per heavy atom. The number of aliphatic carboxylic acids is 1. The summed E-state index contributed by atoms with van der Waals surface area (Å²) in [7, 11) is 0. The smallest absolute Gasteiger partial charge is 0.303 e. The minimum atomic E-state index is -0.800. The first kappa shape index (κ1) is 12.0. The van der Waals surface area contributed by atoms with E-state index < -0.39 is 5.97 Å². The number of carboxylic acids is 1. The molecule has 15 heavy (non-hydrogen) atoms. The summed E-state index contributed by atoms with van der Waals surface area (Å²) >= 11 is 1.61. The van der Waals surface area contributed by atoms with Crippen LogP contribution in [0.3, 0.4) is 0 Å². The molecule has 0 aliphatic heterocycles. The predicted octanol–water partition coefficient (Wildman–Crippen LogP) is 1.59. The summed E-state index contributed by atoms with van der Waals surface area (Å²) in [6, 6.07) is 0. The molecule has 1 atom stereocenters. The molecular weight excluding hydrogens is 216 g/mol. The molecule has 1 aromatic rings. The van der Waals surface area contributed by atoms with Crippen molar-refractivity contribution in [2.45, 2.75) is 25.5 Å². The van der Waals surface area contributed by atoms with Crippen LogP contribution >= 0.6 is 11.8 Å².